The molecule has 1 aliphatic heterocycles. The summed E-state index contributed by atoms with van der Waals surface area (Å²) in [5.74, 6) is 0.454. The van der Waals surface area contributed by atoms with Gasteiger partial charge in [-0.05, 0) is 45.2 Å². The Morgan fingerprint density at radius 1 is 1.33 bits per heavy atom. The topological polar surface area (TPSA) is 89.2 Å². The first-order valence-electron chi connectivity index (χ1n) is 8.27. The number of fused-ring (bicyclic) bond motifs is 1. The van der Waals surface area contributed by atoms with Crippen molar-refractivity contribution in [1.82, 2.24) is 20.2 Å². The Hall–Kier alpha value is -2.57. The molecule has 2 aromatic rings. The molecule has 0 atom stereocenters. The van der Waals surface area contributed by atoms with Crippen molar-refractivity contribution >= 4 is 11.8 Å². The summed E-state index contributed by atoms with van der Waals surface area (Å²) < 4.78 is 7.08. The predicted molar refractivity (Wildman–Crippen MR) is 87.6 cm³/mol. The molecule has 0 saturated carbocycles. The highest BCUT2D eigenvalue weighted by Gasteiger charge is 2.27. The Morgan fingerprint density at radius 3 is 2.88 bits per heavy atom. The van der Waals surface area contributed by atoms with E-state index in [1.807, 2.05) is 18.4 Å². The van der Waals surface area contributed by atoms with Gasteiger partial charge in [-0.2, -0.15) is 0 Å². The van der Waals surface area contributed by atoms with E-state index in [-0.39, 0.29) is 17.9 Å². The Labute approximate surface area is 140 Å². The minimum Gasteiger partial charge on any atom is -0.467 e. The van der Waals surface area contributed by atoms with E-state index >= 15 is 0 Å². The van der Waals surface area contributed by atoms with Gasteiger partial charge in [0.1, 0.15) is 11.5 Å². The summed E-state index contributed by atoms with van der Waals surface area (Å²) in [5, 5.41) is 5.65. The number of nitrogens with zero attached hydrogens (tertiary/aromatic N) is 2. The standard InChI is InChI=1S/C17H22N4O3/c1-11(2)19-16(22)14-13-7-3-4-8-21(13)15(20-14)17(23)18-10-12-6-5-9-24-12/h5-6,9,11H,3-4,7-8,10H2,1-2H3,(H,18,23)(H,19,22). The van der Waals surface area contributed by atoms with Crippen LogP contribution < -0.4 is 10.6 Å². The number of amides is 2. The van der Waals surface area contributed by atoms with Crippen molar-refractivity contribution in [2.24, 2.45) is 0 Å². The summed E-state index contributed by atoms with van der Waals surface area (Å²) in [6, 6.07) is 3.59. The molecule has 3 heterocycles. The molecule has 0 unspecified atom stereocenters. The van der Waals surface area contributed by atoms with E-state index in [1.54, 1.807) is 18.4 Å². The minimum atomic E-state index is -0.293. The number of nitrogens with one attached hydrogen (secondary N) is 2. The largest absolute Gasteiger partial charge is 0.467 e. The fourth-order valence-corrected chi connectivity index (χ4v) is 2.89. The molecule has 24 heavy (non-hydrogen) atoms. The van der Waals surface area contributed by atoms with E-state index in [0.717, 1.165) is 25.0 Å². The van der Waals surface area contributed by atoms with Crippen LogP contribution in [0.4, 0.5) is 0 Å². The fourth-order valence-electron chi connectivity index (χ4n) is 2.89. The zero-order valence-electron chi connectivity index (χ0n) is 14.0. The van der Waals surface area contributed by atoms with Crippen LogP contribution in [0.3, 0.4) is 0 Å². The van der Waals surface area contributed by atoms with Crippen LogP contribution in [0.1, 0.15) is 59.3 Å². The highest BCUT2D eigenvalue weighted by atomic mass is 16.3. The Bertz CT molecular complexity index is 731. The summed E-state index contributed by atoms with van der Waals surface area (Å²) in [6.07, 6.45) is 4.31. The number of carbonyl (C=O) groups excluding carboxylic acids is 2. The lowest BCUT2D eigenvalue weighted by Gasteiger charge is -2.17. The minimum absolute atomic E-state index is 0.0228. The van der Waals surface area contributed by atoms with Crippen molar-refractivity contribution < 1.29 is 14.0 Å². The molecule has 128 valence electrons. The summed E-state index contributed by atoms with van der Waals surface area (Å²) in [5.41, 5.74) is 1.22. The average Bonchev–Trinajstić information content (AvgIpc) is 3.19. The van der Waals surface area contributed by atoms with Crippen LogP contribution in [0.2, 0.25) is 0 Å². The van der Waals surface area contributed by atoms with E-state index in [4.69, 9.17) is 4.42 Å². The summed E-state index contributed by atoms with van der Waals surface area (Å²) >= 11 is 0. The Morgan fingerprint density at radius 2 is 2.17 bits per heavy atom. The molecule has 7 nitrogen and oxygen atoms in total. The van der Waals surface area contributed by atoms with Crippen molar-refractivity contribution in [3.8, 4) is 0 Å². The van der Waals surface area contributed by atoms with E-state index in [0.29, 0.717) is 30.4 Å². The molecule has 0 saturated heterocycles. The van der Waals surface area contributed by atoms with Crippen LogP contribution in [-0.4, -0.2) is 27.4 Å². The van der Waals surface area contributed by atoms with E-state index in [9.17, 15) is 9.59 Å². The van der Waals surface area contributed by atoms with Gasteiger partial charge in [0.2, 0.25) is 0 Å². The molecule has 1 aliphatic rings. The molecular formula is C17H22N4O3. The molecule has 0 aromatic carbocycles. The zero-order chi connectivity index (χ0) is 17.1. The number of hydrogen-bond donors (Lipinski definition) is 2. The van der Waals surface area contributed by atoms with Crippen molar-refractivity contribution in [3.05, 3.63) is 41.4 Å². The van der Waals surface area contributed by atoms with Crippen molar-refractivity contribution in [1.29, 1.82) is 0 Å². The van der Waals surface area contributed by atoms with Gasteiger partial charge in [-0.25, -0.2) is 4.98 Å². The monoisotopic (exact) mass is 330 g/mol. The maximum Gasteiger partial charge on any atom is 0.287 e. The molecule has 2 amide bonds. The van der Waals surface area contributed by atoms with Crippen LogP contribution in [0, 0.1) is 0 Å². The van der Waals surface area contributed by atoms with Gasteiger partial charge in [0.05, 0.1) is 18.5 Å². The second kappa shape index (κ2) is 6.90. The van der Waals surface area contributed by atoms with E-state index < -0.39 is 0 Å². The Balaban J connectivity index is 1.83. The number of hydrogen-bond acceptors (Lipinski definition) is 4. The van der Waals surface area contributed by atoms with Gasteiger partial charge in [0.25, 0.3) is 11.8 Å². The van der Waals surface area contributed by atoms with E-state index in [2.05, 4.69) is 15.6 Å². The van der Waals surface area contributed by atoms with E-state index in [1.165, 1.54) is 0 Å². The van der Waals surface area contributed by atoms with Crippen LogP contribution in [0.15, 0.2) is 22.8 Å². The third kappa shape index (κ3) is 3.34. The van der Waals surface area contributed by atoms with Crippen molar-refractivity contribution in [3.63, 3.8) is 0 Å². The second-order valence-corrected chi connectivity index (χ2v) is 6.23. The highest BCUT2D eigenvalue weighted by molar-refractivity contribution is 5.97. The average molecular weight is 330 g/mol. The highest BCUT2D eigenvalue weighted by Crippen LogP contribution is 2.21. The number of rotatable bonds is 5. The second-order valence-electron chi connectivity index (χ2n) is 6.23. The molecule has 0 aliphatic carbocycles. The third-order valence-electron chi connectivity index (χ3n) is 3.96. The van der Waals surface area contributed by atoms with Crippen LogP contribution in [-0.2, 0) is 19.5 Å². The molecule has 3 rings (SSSR count). The van der Waals surface area contributed by atoms with Gasteiger partial charge in [-0.3, -0.25) is 9.59 Å². The smallest absolute Gasteiger partial charge is 0.287 e. The summed E-state index contributed by atoms with van der Waals surface area (Å²) in [6.45, 7) is 4.80. The van der Waals surface area contributed by atoms with Gasteiger partial charge in [0, 0.05) is 12.6 Å². The van der Waals surface area contributed by atoms with Gasteiger partial charge >= 0.3 is 0 Å². The van der Waals surface area contributed by atoms with Crippen LogP contribution >= 0.6 is 0 Å². The normalized spacial score (nSPS) is 13.6. The molecule has 0 radical (unpaired) electrons. The molecule has 0 fully saturated rings. The lowest BCUT2D eigenvalue weighted by molar-refractivity contribution is 0.0932. The van der Waals surface area contributed by atoms with Gasteiger partial charge in [-0.15, -0.1) is 0 Å². The summed E-state index contributed by atoms with van der Waals surface area (Å²) in [4.78, 5) is 29.2. The fraction of sp³-hybridized carbons (Fsp3) is 0.471. The first kappa shape index (κ1) is 16.3. The number of imidazole rings is 1. The number of furan rings is 1. The third-order valence-corrected chi connectivity index (χ3v) is 3.96. The Kier molecular flexibility index (Phi) is 4.69. The number of aromatic nitrogens is 2. The molecule has 0 spiro atoms. The lowest BCUT2D eigenvalue weighted by atomic mass is 10.1. The van der Waals surface area contributed by atoms with Crippen LogP contribution in [0.25, 0.3) is 0 Å². The molecule has 2 N–H and O–H groups in total. The molecular weight excluding hydrogens is 308 g/mol. The molecule has 2 aromatic heterocycles. The first-order chi connectivity index (χ1) is 11.6. The SMILES string of the molecule is CC(C)NC(=O)c1nc(C(=O)NCc2ccco2)n2c1CCCC2. The maximum absolute atomic E-state index is 12.5. The number of carbonyl (C=O) groups is 2. The van der Waals surface area contributed by atoms with Crippen molar-refractivity contribution in [2.75, 3.05) is 0 Å². The quantitative estimate of drug-likeness (QED) is 0.876. The van der Waals surface area contributed by atoms with Crippen molar-refractivity contribution in [2.45, 2.75) is 52.2 Å². The van der Waals surface area contributed by atoms with Gasteiger partial charge in [0.15, 0.2) is 5.82 Å². The van der Waals surface area contributed by atoms with Gasteiger partial charge in [-0.1, -0.05) is 0 Å². The molecule has 0 bridgehead atoms. The first-order valence-corrected chi connectivity index (χ1v) is 8.27. The zero-order valence-corrected chi connectivity index (χ0v) is 14.0. The van der Waals surface area contributed by atoms with Crippen LogP contribution in [0.5, 0.6) is 0 Å². The predicted octanol–water partition coefficient (Wildman–Crippen LogP) is 1.88. The lowest BCUT2D eigenvalue weighted by Crippen LogP contribution is -2.31. The van der Waals surface area contributed by atoms with Gasteiger partial charge < -0.3 is 19.6 Å². The summed E-state index contributed by atoms with van der Waals surface area (Å²) in [7, 11) is 0. The maximum atomic E-state index is 12.5. The molecule has 7 heteroatoms.